The monoisotopic (exact) mass is 450 g/mol. The molecule has 2 aromatic heterocycles. The lowest BCUT2D eigenvalue weighted by Gasteiger charge is -2.07. The van der Waals surface area contributed by atoms with E-state index in [9.17, 15) is 22.4 Å². The molecule has 2 aromatic carbocycles. The lowest BCUT2D eigenvalue weighted by atomic mass is 10.2. The number of rotatable bonds is 5. The van der Waals surface area contributed by atoms with Gasteiger partial charge in [0, 0.05) is 24.7 Å². The van der Waals surface area contributed by atoms with Crippen molar-refractivity contribution in [3.05, 3.63) is 71.3 Å². The Morgan fingerprint density at radius 3 is 2.65 bits per heavy atom. The molecule has 0 spiro atoms. The summed E-state index contributed by atoms with van der Waals surface area (Å²) in [5.41, 5.74) is 0.204. The largest absolute Gasteiger partial charge is 0.435 e. The fourth-order valence-corrected chi connectivity index (χ4v) is 3.63. The summed E-state index contributed by atoms with van der Waals surface area (Å²) in [6.07, 6.45) is -3.74. The second kappa shape index (κ2) is 8.06. The van der Waals surface area contributed by atoms with Crippen molar-refractivity contribution in [1.82, 2.24) is 14.8 Å². The number of carbonyl (C=O) groups excluding carboxylic acids is 1. The van der Waals surface area contributed by atoms with Gasteiger partial charge >= 0.3 is 6.18 Å². The van der Waals surface area contributed by atoms with Gasteiger partial charge in [-0.2, -0.15) is 18.3 Å². The number of aromatic nitrogens is 3. The molecule has 2 heterocycles. The minimum absolute atomic E-state index is 0.262. The van der Waals surface area contributed by atoms with Crippen molar-refractivity contribution >= 4 is 34.5 Å². The number of hydrogen-bond donors (Lipinski definition) is 1. The van der Waals surface area contributed by atoms with Crippen LogP contribution in [0.2, 0.25) is 0 Å². The third kappa shape index (κ3) is 4.71. The highest BCUT2D eigenvalue weighted by Crippen LogP contribution is 2.31. The number of nitrogens with one attached hydrogen (secondary N) is 1. The van der Waals surface area contributed by atoms with Crippen LogP contribution < -0.4 is 5.32 Å². The van der Waals surface area contributed by atoms with Crippen molar-refractivity contribution in [2.45, 2.75) is 17.2 Å². The molecule has 11 heteroatoms. The van der Waals surface area contributed by atoms with Gasteiger partial charge in [-0.1, -0.05) is 23.9 Å². The van der Waals surface area contributed by atoms with Gasteiger partial charge in [-0.3, -0.25) is 9.48 Å². The molecule has 31 heavy (non-hydrogen) atoms. The normalized spacial score (nSPS) is 11.8. The van der Waals surface area contributed by atoms with E-state index < -0.39 is 23.3 Å². The van der Waals surface area contributed by atoms with Gasteiger partial charge in [0.1, 0.15) is 11.3 Å². The zero-order valence-corrected chi connectivity index (χ0v) is 16.7. The highest BCUT2D eigenvalue weighted by molar-refractivity contribution is 7.98. The zero-order chi connectivity index (χ0) is 22.2. The van der Waals surface area contributed by atoms with Crippen LogP contribution in [-0.4, -0.2) is 20.7 Å². The number of thioether (sulfide) groups is 1. The molecule has 0 saturated heterocycles. The van der Waals surface area contributed by atoms with Crippen LogP contribution in [-0.2, 0) is 19.0 Å². The first kappa shape index (κ1) is 20.9. The zero-order valence-electron chi connectivity index (χ0n) is 15.9. The molecule has 0 aliphatic carbocycles. The Bertz CT molecular complexity index is 1250. The maximum absolute atomic E-state index is 13.1. The fraction of sp³-hybridized carbons (Fsp3) is 0.150. The SMILES string of the molecule is Cn1cc(C(=O)Nc2ccc3oc(SCc4ccc(F)cc4)nc3c2)c(C(F)(F)F)n1. The molecule has 0 atom stereocenters. The fourth-order valence-electron chi connectivity index (χ4n) is 2.83. The highest BCUT2D eigenvalue weighted by Gasteiger charge is 2.39. The maximum Gasteiger partial charge on any atom is 0.435 e. The first-order chi connectivity index (χ1) is 14.7. The van der Waals surface area contributed by atoms with Gasteiger partial charge in [0.2, 0.25) is 0 Å². The van der Waals surface area contributed by atoms with Crippen LogP contribution in [0.4, 0.5) is 23.2 Å². The van der Waals surface area contributed by atoms with Crippen LogP contribution >= 0.6 is 11.8 Å². The summed E-state index contributed by atoms with van der Waals surface area (Å²) in [6.45, 7) is 0. The van der Waals surface area contributed by atoms with E-state index in [-0.39, 0.29) is 11.5 Å². The van der Waals surface area contributed by atoms with Gasteiger partial charge in [-0.05, 0) is 35.9 Å². The first-order valence-electron chi connectivity index (χ1n) is 8.89. The molecule has 4 rings (SSSR count). The van der Waals surface area contributed by atoms with E-state index >= 15 is 0 Å². The maximum atomic E-state index is 13.1. The Hall–Kier alpha value is -3.34. The molecule has 1 amide bonds. The molecule has 0 saturated carbocycles. The molecule has 0 bridgehead atoms. The Balaban J connectivity index is 1.49. The first-order valence-corrected chi connectivity index (χ1v) is 9.87. The topological polar surface area (TPSA) is 73.0 Å². The Labute approximate surface area is 177 Å². The van der Waals surface area contributed by atoms with Crippen LogP contribution in [0.3, 0.4) is 0 Å². The van der Waals surface area contributed by atoms with Crippen LogP contribution in [0.5, 0.6) is 0 Å². The summed E-state index contributed by atoms with van der Waals surface area (Å²) in [6, 6.07) is 10.6. The van der Waals surface area contributed by atoms with Crippen LogP contribution in [0.1, 0.15) is 21.6 Å². The van der Waals surface area contributed by atoms with Gasteiger partial charge in [-0.15, -0.1) is 0 Å². The quantitative estimate of drug-likeness (QED) is 0.332. The number of benzene rings is 2. The lowest BCUT2D eigenvalue weighted by Crippen LogP contribution is -2.17. The van der Waals surface area contributed by atoms with Crippen molar-refractivity contribution < 1.29 is 26.8 Å². The Morgan fingerprint density at radius 2 is 1.94 bits per heavy atom. The van der Waals surface area contributed by atoms with Gasteiger partial charge in [0.15, 0.2) is 11.3 Å². The number of fused-ring (bicyclic) bond motifs is 1. The Kier molecular flexibility index (Phi) is 5.44. The minimum atomic E-state index is -4.75. The van der Waals surface area contributed by atoms with E-state index in [0.717, 1.165) is 16.4 Å². The van der Waals surface area contributed by atoms with E-state index in [2.05, 4.69) is 15.4 Å². The third-order valence-electron chi connectivity index (χ3n) is 4.24. The van der Waals surface area contributed by atoms with Gasteiger partial charge in [-0.25, -0.2) is 9.37 Å². The molecule has 160 valence electrons. The number of carbonyl (C=O) groups is 1. The summed E-state index contributed by atoms with van der Waals surface area (Å²) < 4.78 is 58.8. The summed E-state index contributed by atoms with van der Waals surface area (Å²) in [5, 5.41) is 6.13. The van der Waals surface area contributed by atoms with Crippen molar-refractivity contribution in [3.63, 3.8) is 0 Å². The molecule has 4 aromatic rings. The Morgan fingerprint density at radius 1 is 1.19 bits per heavy atom. The molecule has 0 fully saturated rings. The average molecular weight is 450 g/mol. The molecular formula is C20H14F4N4O2S. The molecule has 0 aliphatic heterocycles. The second-order valence-corrected chi connectivity index (χ2v) is 7.52. The number of halogens is 4. The summed E-state index contributed by atoms with van der Waals surface area (Å²) in [5.74, 6) is -0.745. The standard InChI is InChI=1S/C20H14F4N4O2S/c1-28-9-14(17(27-28)20(22,23)24)18(29)25-13-6-7-16-15(8-13)26-19(30-16)31-10-11-2-4-12(21)5-3-11/h2-9H,10H2,1H3,(H,25,29). The van der Waals surface area contributed by atoms with Gasteiger partial charge in [0.25, 0.3) is 11.1 Å². The molecule has 0 radical (unpaired) electrons. The number of anilines is 1. The van der Waals surface area contributed by atoms with E-state index in [1.807, 2.05) is 0 Å². The van der Waals surface area contributed by atoms with Crippen molar-refractivity contribution in [2.24, 2.45) is 7.05 Å². The van der Waals surface area contributed by atoms with Crippen molar-refractivity contribution in [1.29, 1.82) is 0 Å². The van der Waals surface area contributed by atoms with Crippen molar-refractivity contribution in [2.75, 3.05) is 5.32 Å². The number of nitrogens with zero attached hydrogens (tertiary/aromatic N) is 3. The average Bonchev–Trinajstić information content (AvgIpc) is 3.30. The molecule has 0 aliphatic rings. The van der Waals surface area contributed by atoms with E-state index in [4.69, 9.17) is 4.42 Å². The number of oxazole rings is 1. The number of alkyl halides is 3. The molecule has 1 N–H and O–H groups in total. The number of hydrogen-bond acceptors (Lipinski definition) is 5. The van der Waals surface area contributed by atoms with E-state index in [0.29, 0.717) is 22.1 Å². The van der Waals surface area contributed by atoms with E-state index in [1.54, 1.807) is 18.2 Å². The third-order valence-corrected chi connectivity index (χ3v) is 5.14. The summed E-state index contributed by atoms with van der Waals surface area (Å²) in [7, 11) is 1.30. The predicted octanol–water partition coefficient (Wildman–Crippen LogP) is 5.26. The smallest absolute Gasteiger partial charge is 0.431 e. The second-order valence-electron chi connectivity index (χ2n) is 6.59. The lowest BCUT2D eigenvalue weighted by molar-refractivity contribution is -0.141. The molecule has 0 unspecified atom stereocenters. The van der Waals surface area contributed by atoms with E-state index in [1.165, 1.54) is 43.1 Å². The van der Waals surface area contributed by atoms with Crippen LogP contribution in [0.15, 0.2) is 58.3 Å². The number of amides is 1. The minimum Gasteiger partial charge on any atom is -0.431 e. The van der Waals surface area contributed by atoms with Crippen LogP contribution in [0, 0.1) is 5.82 Å². The molecule has 6 nitrogen and oxygen atoms in total. The van der Waals surface area contributed by atoms with Crippen molar-refractivity contribution in [3.8, 4) is 0 Å². The van der Waals surface area contributed by atoms with Gasteiger partial charge < -0.3 is 9.73 Å². The molecular weight excluding hydrogens is 436 g/mol. The number of aryl methyl sites for hydroxylation is 1. The van der Waals surface area contributed by atoms with Crippen LogP contribution in [0.25, 0.3) is 11.1 Å². The predicted molar refractivity (Wildman–Crippen MR) is 106 cm³/mol. The highest BCUT2D eigenvalue weighted by atomic mass is 32.2. The summed E-state index contributed by atoms with van der Waals surface area (Å²) >= 11 is 1.31. The van der Waals surface area contributed by atoms with Gasteiger partial charge in [0.05, 0.1) is 5.56 Å². The summed E-state index contributed by atoms with van der Waals surface area (Å²) in [4.78, 5) is 16.7.